The zero-order chi connectivity index (χ0) is 18.8. The summed E-state index contributed by atoms with van der Waals surface area (Å²) in [5.41, 5.74) is 1.79. The third-order valence-corrected chi connectivity index (χ3v) is 4.28. The molecule has 7 heteroatoms. The molecule has 7 nitrogen and oxygen atoms in total. The number of carboxylic acids is 1. The molecule has 1 atom stereocenters. The van der Waals surface area contributed by atoms with E-state index in [-0.39, 0.29) is 17.2 Å². The molecular weight excluding hydrogens is 344 g/mol. The lowest BCUT2D eigenvalue weighted by Gasteiger charge is -2.24. The summed E-state index contributed by atoms with van der Waals surface area (Å²) >= 11 is 0. The van der Waals surface area contributed by atoms with Crippen LogP contribution in [0.25, 0.3) is 0 Å². The number of rotatable bonds is 4. The fourth-order valence-corrected chi connectivity index (χ4v) is 2.99. The van der Waals surface area contributed by atoms with Gasteiger partial charge in [-0.15, -0.1) is 0 Å². The van der Waals surface area contributed by atoms with Crippen LogP contribution >= 0.6 is 0 Å². The summed E-state index contributed by atoms with van der Waals surface area (Å²) in [4.78, 5) is 24.3. The molecule has 1 unspecified atom stereocenters. The van der Waals surface area contributed by atoms with E-state index in [0.29, 0.717) is 11.5 Å². The molecule has 1 amide bonds. The fourth-order valence-electron chi connectivity index (χ4n) is 2.99. The van der Waals surface area contributed by atoms with Gasteiger partial charge in [-0.25, -0.2) is 9.48 Å². The van der Waals surface area contributed by atoms with Gasteiger partial charge in [-0.2, -0.15) is 5.10 Å². The Morgan fingerprint density at radius 3 is 2.37 bits per heavy atom. The van der Waals surface area contributed by atoms with Gasteiger partial charge in [0, 0.05) is 5.69 Å². The first-order valence-corrected chi connectivity index (χ1v) is 8.34. The number of aromatic nitrogens is 2. The molecule has 27 heavy (non-hydrogen) atoms. The Bertz CT molecular complexity index is 1030. The van der Waals surface area contributed by atoms with E-state index in [2.05, 4.69) is 15.7 Å². The van der Waals surface area contributed by atoms with Crippen molar-refractivity contribution < 1.29 is 14.7 Å². The first kappa shape index (κ1) is 16.6. The lowest BCUT2D eigenvalue weighted by Crippen LogP contribution is -2.25. The standard InChI is InChI=1S/C20H16N4O3/c25-19(22-14-9-5-2-6-10-14)15-12-21-24-17(13-7-3-1-4-8-13)11-16(20(26)27)23-18(15)24/h1-12,17,23H,(H,22,25)(H,26,27). The van der Waals surface area contributed by atoms with Gasteiger partial charge >= 0.3 is 5.97 Å². The molecule has 0 fully saturated rings. The molecule has 134 valence electrons. The number of carbonyl (C=O) groups excluding carboxylic acids is 1. The first-order chi connectivity index (χ1) is 13.1. The van der Waals surface area contributed by atoms with Gasteiger partial charge in [-0.1, -0.05) is 48.5 Å². The van der Waals surface area contributed by atoms with Crippen LogP contribution in [0.2, 0.25) is 0 Å². The number of aliphatic carboxylic acids is 1. The van der Waals surface area contributed by atoms with E-state index < -0.39 is 12.0 Å². The van der Waals surface area contributed by atoms with Crippen molar-refractivity contribution in [3.63, 3.8) is 0 Å². The highest BCUT2D eigenvalue weighted by atomic mass is 16.4. The summed E-state index contributed by atoms with van der Waals surface area (Å²) < 4.78 is 1.61. The van der Waals surface area contributed by atoms with E-state index in [4.69, 9.17) is 0 Å². The molecule has 1 aromatic heterocycles. The maximum atomic E-state index is 12.7. The topological polar surface area (TPSA) is 96.2 Å². The highest BCUT2D eigenvalue weighted by molar-refractivity contribution is 6.08. The van der Waals surface area contributed by atoms with Crippen LogP contribution < -0.4 is 10.6 Å². The van der Waals surface area contributed by atoms with Crippen molar-refractivity contribution in [2.75, 3.05) is 10.6 Å². The fraction of sp³-hybridized carbons (Fsp3) is 0.0500. The number of hydrogen-bond donors (Lipinski definition) is 3. The highest BCUT2D eigenvalue weighted by Crippen LogP contribution is 2.32. The summed E-state index contributed by atoms with van der Waals surface area (Å²) in [6.07, 6.45) is 3.02. The van der Waals surface area contributed by atoms with Crippen LogP contribution in [-0.4, -0.2) is 26.8 Å². The van der Waals surface area contributed by atoms with E-state index in [1.807, 2.05) is 48.5 Å². The quantitative estimate of drug-likeness (QED) is 0.664. The molecule has 2 aromatic carbocycles. The highest BCUT2D eigenvalue weighted by Gasteiger charge is 2.29. The van der Waals surface area contributed by atoms with Crippen LogP contribution in [0.5, 0.6) is 0 Å². The molecule has 0 bridgehead atoms. The molecule has 3 aromatic rings. The minimum absolute atomic E-state index is 0.00520. The van der Waals surface area contributed by atoms with Gasteiger partial charge in [-0.3, -0.25) is 4.79 Å². The number of anilines is 2. The Balaban J connectivity index is 1.73. The number of carboxylic acid groups (broad SMARTS) is 1. The van der Waals surface area contributed by atoms with E-state index in [1.165, 1.54) is 6.20 Å². The number of benzene rings is 2. The predicted molar refractivity (Wildman–Crippen MR) is 101 cm³/mol. The van der Waals surface area contributed by atoms with Gasteiger partial charge in [0.05, 0.1) is 12.2 Å². The summed E-state index contributed by atoms with van der Waals surface area (Å²) in [5.74, 6) is -1.12. The minimum Gasteiger partial charge on any atom is -0.477 e. The molecule has 0 spiro atoms. The maximum Gasteiger partial charge on any atom is 0.352 e. The van der Waals surface area contributed by atoms with Crippen LogP contribution in [0.4, 0.5) is 11.5 Å². The van der Waals surface area contributed by atoms with Gasteiger partial charge in [-0.05, 0) is 23.8 Å². The molecular formula is C20H16N4O3. The van der Waals surface area contributed by atoms with Crippen molar-refractivity contribution in [2.24, 2.45) is 0 Å². The average molecular weight is 360 g/mol. The van der Waals surface area contributed by atoms with Crippen LogP contribution in [0.15, 0.2) is 78.6 Å². The second-order valence-electron chi connectivity index (χ2n) is 6.04. The monoisotopic (exact) mass is 360 g/mol. The largest absolute Gasteiger partial charge is 0.477 e. The van der Waals surface area contributed by atoms with Crippen LogP contribution in [0.3, 0.4) is 0 Å². The zero-order valence-electron chi connectivity index (χ0n) is 14.2. The van der Waals surface area contributed by atoms with Crippen molar-refractivity contribution >= 4 is 23.4 Å². The Kier molecular flexibility index (Phi) is 4.18. The molecule has 0 saturated heterocycles. The molecule has 1 aliphatic heterocycles. The normalized spacial score (nSPS) is 15.3. The zero-order valence-corrected chi connectivity index (χ0v) is 14.2. The number of hydrogen-bond acceptors (Lipinski definition) is 4. The minimum atomic E-state index is -1.10. The molecule has 0 aliphatic carbocycles. The van der Waals surface area contributed by atoms with Gasteiger partial charge in [0.2, 0.25) is 0 Å². The van der Waals surface area contributed by atoms with Crippen molar-refractivity contribution in [2.45, 2.75) is 6.04 Å². The second kappa shape index (κ2) is 6.80. The van der Waals surface area contributed by atoms with Crippen LogP contribution in [-0.2, 0) is 4.79 Å². The molecule has 4 rings (SSSR count). The lowest BCUT2D eigenvalue weighted by molar-refractivity contribution is -0.132. The number of fused-ring (bicyclic) bond motifs is 1. The van der Waals surface area contributed by atoms with Crippen molar-refractivity contribution in [1.82, 2.24) is 9.78 Å². The lowest BCUT2D eigenvalue weighted by atomic mass is 10.0. The first-order valence-electron chi connectivity index (χ1n) is 8.34. The van der Waals surface area contributed by atoms with Gasteiger partial charge in [0.1, 0.15) is 17.1 Å². The van der Waals surface area contributed by atoms with Crippen LogP contribution in [0.1, 0.15) is 22.0 Å². The Labute approximate surface area is 154 Å². The summed E-state index contributed by atoms with van der Waals surface area (Å²) in [7, 11) is 0. The number of nitrogens with zero attached hydrogens (tertiary/aromatic N) is 2. The van der Waals surface area contributed by atoms with E-state index >= 15 is 0 Å². The molecule has 0 saturated carbocycles. The Hall–Kier alpha value is -3.87. The van der Waals surface area contributed by atoms with E-state index in [9.17, 15) is 14.7 Å². The number of para-hydroxylation sites is 1. The number of carbonyl (C=O) groups is 2. The van der Waals surface area contributed by atoms with Crippen molar-refractivity contribution in [3.8, 4) is 0 Å². The summed E-state index contributed by atoms with van der Waals surface area (Å²) in [6.45, 7) is 0. The Morgan fingerprint density at radius 1 is 1.04 bits per heavy atom. The average Bonchev–Trinajstić information content (AvgIpc) is 3.13. The van der Waals surface area contributed by atoms with Gasteiger partial charge in [0.15, 0.2) is 0 Å². The molecule has 0 radical (unpaired) electrons. The van der Waals surface area contributed by atoms with Crippen molar-refractivity contribution in [1.29, 1.82) is 0 Å². The molecule has 2 heterocycles. The summed E-state index contributed by atoms with van der Waals surface area (Å²) in [6, 6.07) is 18.0. The number of nitrogens with one attached hydrogen (secondary N) is 2. The molecule has 1 aliphatic rings. The van der Waals surface area contributed by atoms with Crippen LogP contribution in [0, 0.1) is 0 Å². The van der Waals surface area contributed by atoms with Gasteiger partial charge in [0.25, 0.3) is 5.91 Å². The smallest absolute Gasteiger partial charge is 0.352 e. The van der Waals surface area contributed by atoms with E-state index in [0.717, 1.165) is 5.56 Å². The van der Waals surface area contributed by atoms with E-state index in [1.54, 1.807) is 22.9 Å². The second-order valence-corrected chi connectivity index (χ2v) is 6.04. The SMILES string of the molecule is O=C(O)C1=CC(c2ccccc2)n2ncc(C(=O)Nc3ccccc3)c2N1. The summed E-state index contributed by atoms with van der Waals surface area (Å²) in [5, 5.41) is 19.4. The third kappa shape index (κ3) is 3.18. The predicted octanol–water partition coefficient (Wildman–Crippen LogP) is 3.12. The Morgan fingerprint density at radius 2 is 1.70 bits per heavy atom. The number of amides is 1. The maximum absolute atomic E-state index is 12.7. The third-order valence-electron chi connectivity index (χ3n) is 4.28. The van der Waals surface area contributed by atoms with Crippen molar-refractivity contribution in [3.05, 3.63) is 89.8 Å². The van der Waals surface area contributed by atoms with Gasteiger partial charge < -0.3 is 15.7 Å². The number of allylic oxidation sites excluding steroid dienone is 1. The molecule has 3 N–H and O–H groups in total.